The van der Waals surface area contributed by atoms with E-state index in [2.05, 4.69) is 0 Å². The molecule has 0 saturated carbocycles. The van der Waals surface area contributed by atoms with Gasteiger partial charge in [0, 0.05) is 11.7 Å². The van der Waals surface area contributed by atoms with E-state index in [9.17, 15) is 8.42 Å². The van der Waals surface area contributed by atoms with Crippen LogP contribution < -0.4 is 0 Å². The van der Waals surface area contributed by atoms with Crippen LogP contribution in [0.1, 0.15) is 6.92 Å². The predicted octanol–water partition coefficient (Wildman–Crippen LogP) is 0.565. The Morgan fingerprint density at radius 2 is 1.86 bits per heavy atom. The maximum absolute atomic E-state index is 10.1. The van der Waals surface area contributed by atoms with Crippen molar-refractivity contribution in [3.8, 4) is 0 Å². The Balaban J connectivity index is 4.13. The van der Waals surface area contributed by atoms with Gasteiger partial charge in [0.05, 0.1) is 0 Å². The van der Waals surface area contributed by atoms with Crippen LogP contribution in [-0.4, -0.2) is 14.7 Å². The van der Waals surface area contributed by atoms with E-state index in [0.717, 1.165) is 11.7 Å². The first kappa shape index (κ1) is 6.69. The Bertz CT molecular complexity index is 153. The van der Waals surface area contributed by atoms with Gasteiger partial charge in [0.25, 0.3) is 0 Å². The molecule has 42 valence electrons. The third-order valence-corrected chi connectivity index (χ3v) is 1.15. The number of allylic oxidation sites excluding steroid dienone is 1. The monoisotopic (exact) mass is 120 g/mol. The van der Waals surface area contributed by atoms with Crippen LogP contribution in [0, 0.1) is 0 Å². The van der Waals surface area contributed by atoms with Crippen molar-refractivity contribution in [1.29, 1.82) is 0 Å². The van der Waals surface area contributed by atoms with Crippen LogP contribution in [0.5, 0.6) is 0 Å². The summed E-state index contributed by atoms with van der Waals surface area (Å²) in [6.07, 6.45) is 2.66. The molecule has 0 fully saturated rings. The molecule has 0 aliphatic rings. The molecule has 0 aromatic heterocycles. The van der Waals surface area contributed by atoms with Crippen molar-refractivity contribution >= 4 is 9.84 Å². The summed E-state index contributed by atoms with van der Waals surface area (Å²) in [6.45, 7) is 1.67. The number of sulfone groups is 1. The molecule has 0 bridgehead atoms. The molecule has 0 saturated heterocycles. The average Bonchev–Trinajstić information content (AvgIpc) is 1.30. The minimum absolute atomic E-state index is 1.16. The average molecular weight is 120 g/mol. The van der Waals surface area contributed by atoms with Crippen LogP contribution in [0.15, 0.2) is 11.5 Å². The van der Waals surface area contributed by atoms with E-state index < -0.39 is 9.84 Å². The van der Waals surface area contributed by atoms with Crippen molar-refractivity contribution in [3.63, 3.8) is 0 Å². The third-order valence-electron chi connectivity index (χ3n) is 0.383. The van der Waals surface area contributed by atoms with Crippen molar-refractivity contribution in [2.45, 2.75) is 6.92 Å². The van der Waals surface area contributed by atoms with Crippen molar-refractivity contribution in [1.82, 2.24) is 0 Å². The zero-order valence-electron chi connectivity index (χ0n) is 4.38. The van der Waals surface area contributed by atoms with E-state index >= 15 is 0 Å². The van der Waals surface area contributed by atoms with Gasteiger partial charge in [-0.1, -0.05) is 6.08 Å². The van der Waals surface area contributed by atoms with Crippen LogP contribution in [-0.2, 0) is 9.84 Å². The van der Waals surface area contributed by atoms with E-state index in [1.165, 1.54) is 6.08 Å². The zero-order chi connectivity index (χ0) is 5.91. The summed E-state index contributed by atoms with van der Waals surface area (Å²) < 4.78 is 20.3. The van der Waals surface area contributed by atoms with E-state index in [4.69, 9.17) is 0 Å². The molecule has 0 rings (SSSR count). The standard InChI is InChI=1S/C4H8O2S/c1-3-4-7(2,5)6/h3-4H,1-2H3/b4-3-. The fourth-order valence-corrected chi connectivity index (χ4v) is 0.742. The van der Waals surface area contributed by atoms with Gasteiger partial charge in [-0.05, 0) is 6.92 Å². The highest BCUT2D eigenvalue weighted by Gasteiger charge is 1.87. The Kier molecular flexibility index (Phi) is 2.02. The minimum atomic E-state index is -2.85. The summed E-state index contributed by atoms with van der Waals surface area (Å²) in [4.78, 5) is 0. The summed E-state index contributed by atoms with van der Waals surface area (Å²) in [5, 5.41) is 1.16. The van der Waals surface area contributed by atoms with E-state index in [0.29, 0.717) is 0 Å². The van der Waals surface area contributed by atoms with Gasteiger partial charge in [0.2, 0.25) is 0 Å². The molecule has 0 aromatic carbocycles. The van der Waals surface area contributed by atoms with E-state index in [1.54, 1.807) is 6.92 Å². The number of hydrogen-bond donors (Lipinski definition) is 0. The summed E-state index contributed by atoms with van der Waals surface area (Å²) in [6, 6.07) is 0. The molecule has 0 radical (unpaired) electrons. The first-order chi connectivity index (χ1) is 3.06. The molecule has 0 unspecified atom stereocenters. The zero-order valence-corrected chi connectivity index (χ0v) is 5.20. The largest absolute Gasteiger partial charge is 0.225 e. The lowest BCUT2D eigenvalue weighted by Gasteiger charge is -1.77. The second kappa shape index (κ2) is 2.12. The van der Waals surface area contributed by atoms with Crippen molar-refractivity contribution in [2.24, 2.45) is 0 Å². The smallest absolute Gasteiger partial charge is 0.168 e. The lowest BCUT2D eigenvalue weighted by atomic mass is 10.8. The molecule has 0 atom stereocenters. The normalized spacial score (nSPS) is 12.9. The lowest BCUT2D eigenvalue weighted by Crippen LogP contribution is -1.86. The quantitative estimate of drug-likeness (QED) is 0.507. The molecule has 0 heterocycles. The van der Waals surface area contributed by atoms with Crippen LogP contribution in [0.4, 0.5) is 0 Å². The molecule has 7 heavy (non-hydrogen) atoms. The first-order valence-corrected chi connectivity index (χ1v) is 3.84. The van der Waals surface area contributed by atoms with Gasteiger partial charge in [0.15, 0.2) is 9.84 Å². The topological polar surface area (TPSA) is 34.1 Å². The molecule has 0 amide bonds. The Morgan fingerprint density at radius 1 is 1.43 bits per heavy atom. The highest BCUT2D eigenvalue weighted by molar-refractivity contribution is 7.93. The molecule has 0 N–H and O–H groups in total. The van der Waals surface area contributed by atoms with E-state index in [-0.39, 0.29) is 0 Å². The summed E-state index contributed by atoms with van der Waals surface area (Å²) in [5.74, 6) is 0. The second-order valence-corrected chi connectivity index (χ2v) is 3.23. The van der Waals surface area contributed by atoms with Crippen molar-refractivity contribution < 1.29 is 8.42 Å². The van der Waals surface area contributed by atoms with Crippen molar-refractivity contribution in [3.05, 3.63) is 11.5 Å². The third kappa shape index (κ3) is 5.69. The molecule has 0 aromatic rings. The van der Waals surface area contributed by atoms with Crippen LogP contribution in [0.2, 0.25) is 0 Å². The molecule has 3 heteroatoms. The SMILES string of the molecule is C/C=C\S(C)(=O)=O. The fraction of sp³-hybridized carbons (Fsp3) is 0.500. The molecule has 0 aliphatic heterocycles. The maximum Gasteiger partial charge on any atom is 0.168 e. The molecular weight excluding hydrogens is 112 g/mol. The highest BCUT2D eigenvalue weighted by Crippen LogP contribution is 1.81. The van der Waals surface area contributed by atoms with Crippen LogP contribution in [0.3, 0.4) is 0 Å². The molecular formula is C4H8O2S. The van der Waals surface area contributed by atoms with Gasteiger partial charge in [-0.15, -0.1) is 0 Å². The van der Waals surface area contributed by atoms with Gasteiger partial charge < -0.3 is 0 Å². The van der Waals surface area contributed by atoms with Gasteiger partial charge in [0.1, 0.15) is 0 Å². The number of hydrogen-bond acceptors (Lipinski definition) is 2. The summed E-state index contributed by atoms with van der Waals surface area (Å²) >= 11 is 0. The molecule has 2 nitrogen and oxygen atoms in total. The minimum Gasteiger partial charge on any atom is -0.225 e. The van der Waals surface area contributed by atoms with Gasteiger partial charge in [-0.2, -0.15) is 0 Å². The second-order valence-electron chi connectivity index (χ2n) is 1.30. The predicted molar refractivity (Wildman–Crippen MR) is 29.7 cm³/mol. The molecule has 0 aliphatic carbocycles. The van der Waals surface area contributed by atoms with Gasteiger partial charge >= 0.3 is 0 Å². The van der Waals surface area contributed by atoms with Gasteiger partial charge in [-0.3, -0.25) is 0 Å². The summed E-state index contributed by atoms with van der Waals surface area (Å²) in [7, 11) is -2.85. The van der Waals surface area contributed by atoms with Crippen LogP contribution in [0.25, 0.3) is 0 Å². The maximum atomic E-state index is 10.1. The number of rotatable bonds is 1. The van der Waals surface area contributed by atoms with E-state index in [1.807, 2.05) is 0 Å². The first-order valence-electron chi connectivity index (χ1n) is 1.89. The Labute approximate surface area is 43.8 Å². The highest BCUT2D eigenvalue weighted by atomic mass is 32.2. The Morgan fingerprint density at radius 3 is 1.86 bits per heavy atom. The summed E-state index contributed by atoms with van der Waals surface area (Å²) in [5.41, 5.74) is 0. The van der Waals surface area contributed by atoms with Gasteiger partial charge in [-0.25, -0.2) is 8.42 Å². The van der Waals surface area contributed by atoms with Crippen LogP contribution >= 0.6 is 0 Å². The molecule has 0 spiro atoms. The Hall–Kier alpha value is -0.310. The fourth-order valence-electron chi connectivity index (χ4n) is 0.247. The van der Waals surface area contributed by atoms with Crippen molar-refractivity contribution in [2.75, 3.05) is 6.26 Å². The lowest BCUT2D eigenvalue weighted by molar-refractivity contribution is 0.610.